The normalized spacial score (nSPS) is 13.7. The summed E-state index contributed by atoms with van der Waals surface area (Å²) in [5.41, 5.74) is 9.97. The molecule has 0 radical (unpaired) electrons. The number of hydrogen-bond acceptors (Lipinski definition) is 4. The van der Waals surface area contributed by atoms with Gasteiger partial charge in [-0.25, -0.2) is 0 Å². The fourth-order valence-corrected chi connectivity index (χ4v) is 3.45. The van der Waals surface area contributed by atoms with Crippen molar-refractivity contribution in [1.82, 2.24) is 0 Å². The molecule has 0 aromatic heterocycles. The Labute approximate surface area is 175 Å². The average molecular weight is 401 g/mol. The lowest BCUT2D eigenvalue weighted by atomic mass is 10.0. The van der Waals surface area contributed by atoms with Gasteiger partial charge >= 0.3 is 0 Å². The minimum atomic E-state index is -0.464. The number of amides is 2. The van der Waals surface area contributed by atoms with Crippen molar-refractivity contribution in [2.75, 3.05) is 36.5 Å². The molecule has 0 unspecified atom stereocenters. The molecule has 0 aliphatic carbocycles. The van der Waals surface area contributed by atoms with E-state index in [9.17, 15) is 9.59 Å². The van der Waals surface area contributed by atoms with Crippen molar-refractivity contribution in [2.24, 2.45) is 5.73 Å². The Bertz CT molecular complexity index is 1040. The summed E-state index contributed by atoms with van der Waals surface area (Å²) < 4.78 is 5.39. The number of primary amides is 1. The Balaban J connectivity index is 1.46. The van der Waals surface area contributed by atoms with E-state index >= 15 is 0 Å². The third-order valence-corrected chi connectivity index (χ3v) is 5.13. The first kappa shape index (κ1) is 19.7. The van der Waals surface area contributed by atoms with Crippen molar-refractivity contribution in [1.29, 1.82) is 0 Å². The van der Waals surface area contributed by atoms with Gasteiger partial charge in [-0.1, -0.05) is 24.3 Å². The quantitative estimate of drug-likeness (QED) is 0.685. The second-order valence-corrected chi connectivity index (χ2v) is 7.12. The lowest BCUT2D eigenvalue weighted by Crippen LogP contribution is -2.36. The number of nitrogens with one attached hydrogen (secondary N) is 1. The molecule has 30 heavy (non-hydrogen) atoms. The minimum Gasteiger partial charge on any atom is -0.378 e. The number of carbonyl (C=O) groups is 2. The molecule has 1 aliphatic rings. The Morgan fingerprint density at radius 3 is 2.20 bits per heavy atom. The minimum absolute atomic E-state index is 0.176. The lowest BCUT2D eigenvalue weighted by Gasteiger charge is -2.28. The van der Waals surface area contributed by atoms with Gasteiger partial charge in [-0.05, 0) is 59.7 Å². The standard InChI is InChI=1S/C24H23N3O3/c25-23(28)18-6-4-17(5-7-18)19-2-1-3-20(16-19)24(29)26-21-8-10-22(11-9-21)27-12-14-30-15-13-27/h1-11,16H,12-15H2,(H2,25,28)(H,26,29). The van der Waals surface area contributed by atoms with Gasteiger partial charge in [0.05, 0.1) is 13.2 Å². The predicted molar refractivity (Wildman–Crippen MR) is 118 cm³/mol. The molecule has 1 saturated heterocycles. The van der Waals surface area contributed by atoms with E-state index < -0.39 is 5.91 Å². The number of hydrogen-bond donors (Lipinski definition) is 2. The molecule has 3 N–H and O–H groups in total. The van der Waals surface area contributed by atoms with Crippen LogP contribution in [0.15, 0.2) is 72.8 Å². The van der Waals surface area contributed by atoms with Crippen LogP contribution in [0.1, 0.15) is 20.7 Å². The van der Waals surface area contributed by atoms with Crippen LogP contribution in [0.3, 0.4) is 0 Å². The number of nitrogens with two attached hydrogens (primary N) is 1. The predicted octanol–water partition coefficient (Wildman–Crippen LogP) is 3.54. The number of morpholine rings is 1. The van der Waals surface area contributed by atoms with Crippen LogP contribution in [-0.2, 0) is 4.74 Å². The number of rotatable bonds is 5. The maximum absolute atomic E-state index is 12.7. The molecule has 6 nitrogen and oxygen atoms in total. The number of benzene rings is 3. The second kappa shape index (κ2) is 8.80. The summed E-state index contributed by atoms with van der Waals surface area (Å²) in [5, 5.41) is 2.95. The molecule has 0 spiro atoms. The van der Waals surface area contributed by atoms with Crippen molar-refractivity contribution in [3.8, 4) is 11.1 Å². The van der Waals surface area contributed by atoms with E-state index in [1.807, 2.05) is 54.6 Å². The zero-order valence-electron chi connectivity index (χ0n) is 16.5. The van der Waals surface area contributed by atoms with Gasteiger partial charge in [-0.15, -0.1) is 0 Å². The first-order chi connectivity index (χ1) is 14.6. The topological polar surface area (TPSA) is 84.7 Å². The van der Waals surface area contributed by atoms with Gasteiger partial charge in [-0.2, -0.15) is 0 Å². The Morgan fingerprint density at radius 2 is 1.53 bits per heavy atom. The first-order valence-electron chi connectivity index (χ1n) is 9.84. The van der Waals surface area contributed by atoms with Crippen LogP contribution < -0.4 is 16.0 Å². The van der Waals surface area contributed by atoms with E-state index in [2.05, 4.69) is 10.2 Å². The van der Waals surface area contributed by atoms with E-state index in [1.165, 1.54) is 0 Å². The third-order valence-electron chi connectivity index (χ3n) is 5.13. The maximum Gasteiger partial charge on any atom is 0.255 e. The van der Waals surface area contributed by atoms with E-state index in [1.54, 1.807) is 18.2 Å². The molecule has 3 aromatic carbocycles. The Hall–Kier alpha value is -3.64. The maximum atomic E-state index is 12.7. The zero-order valence-corrected chi connectivity index (χ0v) is 16.5. The first-order valence-corrected chi connectivity index (χ1v) is 9.84. The van der Waals surface area contributed by atoms with Gasteiger partial charge in [0.2, 0.25) is 5.91 Å². The smallest absolute Gasteiger partial charge is 0.255 e. The Morgan fingerprint density at radius 1 is 0.833 bits per heavy atom. The summed E-state index contributed by atoms with van der Waals surface area (Å²) in [6, 6.07) is 22.2. The second-order valence-electron chi connectivity index (χ2n) is 7.12. The molecule has 1 aliphatic heterocycles. The summed E-state index contributed by atoms with van der Waals surface area (Å²) in [4.78, 5) is 26.2. The fraction of sp³-hybridized carbons (Fsp3) is 0.167. The van der Waals surface area contributed by atoms with Gasteiger partial charge in [0, 0.05) is 35.6 Å². The van der Waals surface area contributed by atoms with Gasteiger partial charge in [0.25, 0.3) is 5.91 Å². The van der Waals surface area contributed by atoms with Gasteiger partial charge in [0.15, 0.2) is 0 Å². The number of nitrogens with zero attached hydrogens (tertiary/aromatic N) is 1. The number of carbonyl (C=O) groups excluding carboxylic acids is 2. The largest absolute Gasteiger partial charge is 0.378 e. The molecule has 3 aromatic rings. The third kappa shape index (κ3) is 4.50. The van der Waals surface area contributed by atoms with Crippen LogP contribution >= 0.6 is 0 Å². The number of anilines is 2. The molecule has 0 bridgehead atoms. The van der Waals surface area contributed by atoms with Gasteiger partial charge in [0.1, 0.15) is 0 Å². The highest BCUT2D eigenvalue weighted by Gasteiger charge is 2.12. The molecule has 2 amide bonds. The highest BCUT2D eigenvalue weighted by Crippen LogP contribution is 2.23. The van der Waals surface area contributed by atoms with Crippen LogP contribution in [0, 0.1) is 0 Å². The highest BCUT2D eigenvalue weighted by atomic mass is 16.5. The van der Waals surface area contributed by atoms with Crippen molar-refractivity contribution in [3.05, 3.63) is 83.9 Å². The highest BCUT2D eigenvalue weighted by molar-refractivity contribution is 6.05. The van der Waals surface area contributed by atoms with Crippen LogP contribution in [0.25, 0.3) is 11.1 Å². The average Bonchev–Trinajstić information content (AvgIpc) is 2.80. The molecule has 1 fully saturated rings. The molecule has 152 valence electrons. The summed E-state index contributed by atoms with van der Waals surface area (Å²) in [7, 11) is 0. The summed E-state index contributed by atoms with van der Waals surface area (Å²) >= 11 is 0. The number of ether oxygens (including phenoxy) is 1. The van der Waals surface area contributed by atoms with Crippen LogP contribution in [-0.4, -0.2) is 38.1 Å². The Kier molecular flexibility index (Phi) is 5.77. The van der Waals surface area contributed by atoms with E-state index in [0.717, 1.165) is 48.8 Å². The fourth-order valence-electron chi connectivity index (χ4n) is 3.45. The summed E-state index contributed by atoms with van der Waals surface area (Å²) in [6.07, 6.45) is 0. The van der Waals surface area contributed by atoms with Crippen molar-refractivity contribution in [2.45, 2.75) is 0 Å². The monoisotopic (exact) mass is 401 g/mol. The van der Waals surface area contributed by atoms with E-state index in [0.29, 0.717) is 11.1 Å². The molecule has 0 saturated carbocycles. The summed E-state index contributed by atoms with van der Waals surface area (Å²) in [6.45, 7) is 3.22. The van der Waals surface area contributed by atoms with E-state index in [4.69, 9.17) is 10.5 Å². The molecule has 6 heteroatoms. The van der Waals surface area contributed by atoms with Crippen molar-refractivity contribution >= 4 is 23.2 Å². The van der Waals surface area contributed by atoms with Gasteiger partial charge in [-0.3, -0.25) is 9.59 Å². The van der Waals surface area contributed by atoms with Crippen LogP contribution in [0.2, 0.25) is 0 Å². The molecular weight excluding hydrogens is 378 g/mol. The molecule has 1 heterocycles. The van der Waals surface area contributed by atoms with Crippen LogP contribution in [0.5, 0.6) is 0 Å². The SMILES string of the molecule is NC(=O)c1ccc(-c2cccc(C(=O)Nc3ccc(N4CCOCC4)cc3)c2)cc1. The zero-order chi connectivity index (χ0) is 20.9. The summed E-state index contributed by atoms with van der Waals surface area (Å²) in [5.74, 6) is -0.640. The molecule has 4 rings (SSSR count). The molecular formula is C24H23N3O3. The van der Waals surface area contributed by atoms with Gasteiger partial charge < -0.3 is 20.7 Å². The lowest BCUT2D eigenvalue weighted by molar-refractivity contribution is 0.0997. The van der Waals surface area contributed by atoms with Crippen molar-refractivity contribution in [3.63, 3.8) is 0 Å². The molecule has 0 atom stereocenters. The van der Waals surface area contributed by atoms with E-state index in [-0.39, 0.29) is 5.91 Å². The van der Waals surface area contributed by atoms with Crippen molar-refractivity contribution < 1.29 is 14.3 Å². The van der Waals surface area contributed by atoms with Crippen LogP contribution in [0.4, 0.5) is 11.4 Å².